The lowest BCUT2D eigenvalue weighted by atomic mass is 9.68. The minimum absolute atomic E-state index is 0.117. The number of hydrogen-bond donors (Lipinski definition) is 2. The molecule has 2 aliphatic rings. The number of rotatable bonds is 4. The Morgan fingerprint density at radius 1 is 1.06 bits per heavy atom. The SMILES string of the molecule is CC1(C)CC(=O)C2=C(C1)c1c(ccc3ccccc13)N[C@@H]2c1ccccc1OCC(N)=O. The highest BCUT2D eigenvalue weighted by atomic mass is 16.5. The van der Waals surface area contributed by atoms with Crippen LogP contribution in [0.3, 0.4) is 0 Å². The summed E-state index contributed by atoms with van der Waals surface area (Å²) < 4.78 is 5.72. The highest BCUT2D eigenvalue weighted by Gasteiger charge is 2.41. The van der Waals surface area contributed by atoms with Crippen LogP contribution in [0.15, 0.2) is 66.2 Å². The standard InChI is InChI=1S/C27H26N2O3/c1-27(2)13-19-24-17-8-4-3-7-16(17)11-12-20(24)29-26(25(19)21(30)14-27)18-9-5-6-10-22(18)32-15-23(28)31/h3-12,26,29H,13-15H2,1-2H3,(H2,28,31)/t26-/m1/s1. The largest absolute Gasteiger partial charge is 0.483 e. The van der Waals surface area contributed by atoms with Crippen molar-refractivity contribution in [3.8, 4) is 5.75 Å². The lowest BCUT2D eigenvalue weighted by molar-refractivity contribution is -0.120. The fraction of sp³-hybridized carbons (Fsp3) is 0.259. The van der Waals surface area contributed by atoms with E-state index in [1.807, 2.05) is 36.4 Å². The molecule has 1 heterocycles. The third kappa shape index (κ3) is 3.44. The average Bonchev–Trinajstić information content (AvgIpc) is 2.76. The molecule has 0 fully saturated rings. The van der Waals surface area contributed by atoms with Gasteiger partial charge in [-0.15, -0.1) is 0 Å². The van der Waals surface area contributed by atoms with E-state index in [1.165, 1.54) is 0 Å². The molecule has 0 spiro atoms. The Morgan fingerprint density at radius 3 is 2.62 bits per heavy atom. The summed E-state index contributed by atoms with van der Waals surface area (Å²) in [5.74, 6) is 0.165. The molecule has 162 valence electrons. The first-order valence-electron chi connectivity index (χ1n) is 10.9. The molecule has 1 atom stereocenters. The van der Waals surface area contributed by atoms with Crippen molar-refractivity contribution in [2.45, 2.75) is 32.7 Å². The van der Waals surface area contributed by atoms with Crippen molar-refractivity contribution in [2.75, 3.05) is 11.9 Å². The minimum Gasteiger partial charge on any atom is -0.483 e. The molecule has 0 saturated heterocycles. The van der Waals surface area contributed by atoms with E-state index >= 15 is 0 Å². The average molecular weight is 427 g/mol. The highest BCUT2D eigenvalue weighted by molar-refractivity contribution is 6.13. The summed E-state index contributed by atoms with van der Waals surface area (Å²) in [6.07, 6.45) is 1.31. The topological polar surface area (TPSA) is 81.4 Å². The molecule has 0 radical (unpaired) electrons. The number of primary amides is 1. The second kappa shape index (κ2) is 7.52. The molecule has 1 aliphatic heterocycles. The van der Waals surface area contributed by atoms with Gasteiger partial charge >= 0.3 is 0 Å². The van der Waals surface area contributed by atoms with Crippen molar-refractivity contribution in [3.05, 3.63) is 77.4 Å². The Morgan fingerprint density at radius 2 is 1.81 bits per heavy atom. The van der Waals surface area contributed by atoms with Gasteiger partial charge in [0.25, 0.3) is 5.91 Å². The van der Waals surface area contributed by atoms with Gasteiger partial charge in [-0.2, -0.15) is 0 Å². The van der Waals surface area contributed by atoms with Crippen LogP contribution in [0.4, 0.5) is 5.69 Å². The van der Waals surface area contributed by atoms with Gasteiger partial charge in [0, 0.05) is 28.8 Å². The van der Waals surface area contributed by atoms with Gasteiger partial charge in [-0.1, -0.05) is 62.4 Å². The molecule has 5 nitrogen and oxygen atoms in total. The maximum Gasteiger partial charge on any atom is 0.255 e. The Kier molecular flexibility index (Phi) is 4.77. The van der Waals surface area contributed by atoms with E-state index in [9.17, 15) is 9.59 Å². The third-order valence-corrected chi connectivity index (χ3v) is 6.34. The van der Waals surface area contributed by atoms with Gasteiger partial charge in [0.1, 0.15) is 5.75 Å². The number of amides is 1. The number of ketones is 1. The monoisotopic (exact) mass is 426 g/mol. The van der Waals surface area contributed by atoms with Crippen LogP contribution in [-0.2, 0) is 9.59 Å². The molecule has 0 bridgehead atoms. The summed E-state index contributed by atoms with van der Waals surface area (Å²) in [4.78, 5) is 24.9. The summed E-state index contributed by atoms with van der Waals surface area (Å²) in [5.41, 5.74) is 10.0. The molecule has 5 heteroatoms. The summed E-state index contributed by atoms with van der Waals surface area (Å²) >= 11 is 0. The smallest absolute Gasteiger partial charge is 0.255 e. The maximum atomic E-state index is 13.5. The second-order valence-electron chi connectivity index (χ2n) is 9.41. The molecular formula is C27H26N2O3. The molecule has 0 aromatic heterocycles. The van der Waals surface area contributed by atoms with Crippen LogP contribution in [0.5, 0.6) is 5.75 Å². The predicted octanol–water partition coefficient (Wildman–Crippen LogP) is 5.01. The van der Waals surface area contributed by atoms with Crippen molar-refractivity contribution in [1.82, 2.24) is 0 Å². The number of allylic oxidation sites excluding steroid dienone is 1. The number of nitrogens with one attached hydrogen (secondary N) is 1. The van der Waals surface area contributed by atoms with E-state index in [0.717, 1.165) is 45.2 Å². The van der Waals surface area contributed by atoms with Crippen LogP contribution in [0.2, 0.25) is 0 Å². The Hall–Kier alpha value is -3.60. The maximum absolute atomic E-state index is 13.5. The lowest BCUT2D eigenvalue weighted by Gasteiger charge is -2.40. The molecule has 1 aliphatic carbocycles. The number of hydrogen-bond acceptors (Lipinski definition) is 4. The van der Waals surface area contributed by atoms with Crippen LogP contribution >= 0.6 is 0 Å². The quantitative estimate of drug-likeness (QED) is 0.614. The first-order chi connectivity index (χ1) is 15.3. The number of carbonyl (C=O) groups excluding carboxylic acids is 2. The number of benzene rings is 3. The van der Waals surface area contributed by atoms with Gasteiger partial charge in [-0.3, -0.25) is 9.59 Å². The second-order valence-corrected chi connectivity index (χ2v) is 9.41. The van der Waals surface area contributed by atoms with Gasteiger partial charge in [0.2, 0.25) is 0 Å². The van der Waals surface area contributed by atoms with Crippen LogP contribution in [-0.4, -0.2) is 18.3 Å². The molecule has 3 aromatic rings. The zero-order chi connectivity index (χ0) is 22.5. The van der Waals surface area contributed by atoms with Gasteiger partial charge in [-0.05, 0) is 40.3 Å². The van der Waals surface area contributed by atoms with Crippen molar-refractivity contribution in [3.63, 3.8) is 0 Å². The first-order valence-corrected chi connectivity index (χ1v) is 10.9. The number of ether oxygens (including phenoxy) is 1. The number of para-hydroxylation sites is 1. The summed E-state index contributed by atoms with van der Waals surface area (Å²) in [7, 11) is 0. The Balaban J connectivity index is 1.73. The van der Waals surface area contributed by atoms with Crippen molar-refractivity contribution >= 4 is 33.7 Å². The Labute approximate surface area is 187 Å². The molecular weight excluding hydrogens is 400 g/mol. The molecule has 3 N–H and O–H groups in total. The lowest BCUT2D eigenvalue weighted by Crippen LogP contribution is -2.33. The van der Waals surface area contributed by atoms with Gasteiger partial charge in [0.15, 0.2) is 12.4 Å². The zero-order valence-electron chi connectivity index (χ0n) is 18.3. The van der Waals surface area contributed by atoms with E-state index in [1.54, 1.807) is 0 Å². The normalized spacial score (nSPS) is 19.2. The van der Waals surface area contributed by atoms with Crippen LogP contribution in [0.1, 0.15) is 43.9 Å². The van der Waals surface area contributed by atoms with E-state index in [2.05, 4.69) is 43.4 Å². The minimum atomic E-state index is -0.538. The number of Topliss-reactive ketones (excluding diaryl/α,β-unsaturated/α-hetero) is 1. The van der Waals surface area contributed by atoms with E-state index in [0.29, 0.717) is 12.2 Å². The van der Waals surface area contributed by atoms with Crippen LogP contribution in [0, 0.1) is 5.41 Å². The molecule has 5 rings (SSSR count). The third-order valence-electron chi connectivity index (χ3n) is 6.34. The van der Waals surface area contributed by atoms with Gasteiger partial charge < -0.3 is 15.8 Å². The van der Waals surface area contributed by atoms with Crippen molar-refractivity contribution in [2.24, 2.45) is 11.1 Å². The molecule has 1 amide bonds. The number of carbonyl (C=O) groups is 2. The molecule has 0 unspecified atom stereocenters. The van der Waals surface area contributed by atoms with Gasteiger partial charge in [0.05, 0.1) is 6.04 Å². The van der Waals surface area contributed by atoms with E-state index in [-0.39, 0.29) is 23.8 Å². The summed E-state index contributed by atoms with van der Waals surface area (Å²) in [5, 5.41) is 5.91. The van der Waals surface area contributed by atoms with E-state index < -0.39 is 5.91 Å². The number of nitrogens with two attached hydrogens (primary N) is 1. The fourth-order valence-corrected chi connectivity index (χ4v) is 5.07. The number of fused-ring (bicyclic) bond motifs is 4. The van der Waals surface area contributed by atoms with Gasteiger partial charge in [-0.25, -0.2) is 0 Å². The highest BCUT2D eigenvalue weighted by Crippen LogP contribution is 2.52. The molecule has 3 aromatic carbocycles. The summed E-state index contributed by atoms with van der Waals surface area (Å²) in [6.45, 7) is 4.10. The van der Waals surface area contributed by atoms with Crippen LogP contribution in [0.25, 0.3) is 16.3 Å². The fourth-order valence-electron chi connectivity index (χ4n) is 5.07. The zero-order valence-corrected chi connectivity index (χ0v) is 18.3. The predicted molar refractivity (Wildman–Crippen MR) is 126 cm³/mol. The van der Waals surface area contributed by atoms with Crippen LogP contribution < -0.4 is 15.8 Å². The van der Waals surface area contributed by atoms with Crippen molar-refractivity contribution < 1.29 is 14.3 Å². The molecule has 0 saturated carbocycles. The first kappa shape index (κ1) is 20.3. The summed E-state index contributed by atoms with van der Waals surface area (Å²) in [6, 6.07) is 19.7. The molecule has 32 heavy (non-hydrogen) atoms. The Bertz CT molecular complexity index is 1290. The van der Waals surface area contributed by atoms with E-state index in [4.69, 9.17) is 10.5 Å². The number of anilines is 1. The van der Waals surface area contributed by atoms with Crippen molar-refractivity contribution in [1.29, 1.82) is 0 Å².